The fraction of sp³-hybridized carbons (Fsp3) is 0.333. The van der Waals surface area contributed by atoms with Crippen LogP contribution >= 0.6 is 0 Å². The molecule has 22 heavy (non-hydrogen) atoms. The Morgan fingerprint density at radius 1 is 1.14 bits per heavy atom. The molecule has 0 bridgehead atoms. The number of carboxylic acids is 1. The summed E-state index contributed by atoms with van der Waals surface area (Å²) < 4.78 is 5.52. The number of ether oxygens (including phenoxy) is 1. The van der Waals surface area contributed by atoms with E-state index in [-0.39, 0.29) is 12.1 Å². The highest BCUT2D eigenvalue weighted by Gasteiger charge is 2.22. The highest BCUT2D eigenvalue weighted by atomic mass is 16.5. The molecule has 1 N–H and O–H groups in total. The molecule has 0 radical (unpaired) electrons. The molecule has 116 valence electrons. The van der Waals surface area contributed by atoms with Gasteiger partial charge in [-0.1, -0.05) is 18.2 Å². The molecule has 2 rings (SSSR count). The van der Waals surface area contributed by atoms with E-state index >= 15 is 0 Å². The van der Waals surface area contributed by atoms with Crippen molar-refractivity contribution in [1.29, 1.82) is 0 Å². The van der Waals surface area contributed by atoms with Crippen LogP contribution in [0.25, 0.3) is 6.08 Å². The summed E-state index contributed by atoms with van der Waals surface area (Å²) in [5.41, 5.74) is 1.21. The Morgan fingerprint density at radius 2 is 1.77 bits per heavy atom. The van der Waals surface area contributed by atoms with Crippen LogP contribution in [-0.2, 0) is 9.53 Å². The Morgan fingerprint density at radius 3 is 2.32 bits per heavy atom. The van der Waals surface area contributed by atoms with E-state index in [1.54, 1.807) is 24.3 Å². The number of aliphatic carboxylic acids is 1. The predicted molar refractivity (Wildman–Crippen MR) is 84.5 cm³/mol. The van der Waals surface area contributed by atoms with Gasteiger partial charge in [0, 0.05) is 6.08 Å². The van der Waals surface area contributed by atoms with Crippen LogP contribution in [0.5, 0.6) is 0 Å². The van der Waals surface area contributed by atoms with Gasteiger partial charge in [0.2, 0.25) is 0 Å². The van der Waals surface area contributed by atoms with Crippen LogP contribution in [0.3, 0.4) is 0 Å². The number of hydrogen-bond donors (Lipinski definition) is 1. The van der Waals surface area contributed by atoms with Gasteiger partial charge in [-0.05, 0) is 55.4 Å². The Labute approximate surface area is 130 Å². The van der Waals surface area contributed by atoms with Crippen molar-refractivity contribution in [1.82, 2.24) is 0 Å². The van der Waals surface area contributed by atoms with Crippen molar-refractivity contribution >= 4 is 18.0 Å². The van der Waals surface area contributed by atoms with Crippen molar-refractivity contribution in [2.75, 3.05) is 0 Å². The van der Waals surface area contributed by atoms with Gasteiger partial charge in [0.25, 0.3) is 0 Å². The molecule has 4 heteroatoms. The standard InChI is InChI=1S/C18H20O4/c1-2-13-5-10-16(11-6-13)22-18(21)15-8-3-14(4-9-15)7-12-17(19)20/h2-4,7-9,12-13,16H,1,5-6,10-11H2,(H,19,20)/b12-7+. The van der Waals surface area contributed by atoms with Gasteiger partial charge in [-0.2, -0.15) is 0 Å². The molecular formula is C18H20O4. The first kappa shape index (κ1) is 16.0. The second-order valence-electron chi connectivity index (χ2n) is 5.47. The molecule has 0 aromatic heterocycles. The number of allylic oxidation sites excluding steroid dienone is 1. The molecule has 1 aliphatic rings. The minimum absolute atomic E-state index is 0.0183. The molecule has 0 spiro atoms. The average Bonchev–Trinajstić information content (AvgIpc) is 2.54. The predicted octanol–water partition coefficient (Wildman–Crippen LogP) is 3.69. The van der Waals surface area contributed by atoms with E-state index < -0.39 is 5.97 Å². The van der Waals surface area contributed by atoms with Crippen LogP contribution in [0.2, 0.25) is 0 Å². The van der Waals surface area contributed by atoms with E-state index in [2.05, 4.69) is 6.58 Å². The highest BCUT2D eigenvalue weighted by molar-refractivity contribution is 5.90. The molecule has 4 nitrogen and oxygen atoms in total. The SMILES string of the molecule is C=CC1CCC(OC(=O)c2ccc(/C=C/C(=O)O)cc2)CC1. The first-order chi connectivity index (χ1) is 10.6. The van der Waals surface area contributed by atoms with Crippen LogP contribution in [-0.4, -0.2) is 23.1 Å². The van der Waals surface area contributed by atoms with E-state index in [4.69, 9.17) is 9.84 Å². The van der Waals surface area contributed by atoms with E-state index in [0.717, 1.165) is 37.3 Å². The van der Waals surface area contributed by atoms with Crippen molar-refractivity contribution in [3.05, 3.63) is 54.1 Å². The number of carboxylic acid groups (broad SMARTS) is 1. The molecule has 1 aliphatic carbocycles. The molecule has 1 aromatic rings. The number of carbonyl (C=O) groups is 2. The second kappa shape index (κ2) is 7.59. The largest absolute Gasteiger partial charge is 0.478 e. The molecule has 0 aliphatic heterocycles. The Kier molecular flexibility index (Phi) is 5.53. The van der Waals surface area contributed by atoms with Gasteiger partial charge in [-0.15, -0.1) is 6.58 Å². The molecule has 1 saturated carbocycles. The molecule has 0 unspecified atom stereocenters. The fourth-order valence-corrected chi connectivity index (χ4v) is 2.56. The summed E-state index contributed by atoms with van der Waals surface area (Å²) in [5, 5.41) is 8.57. The third-order valence-electron chi connectivity index (χ3n) is 3.89. The number of benzene rings is 1. The van der Waals surface area contributed by atoms with Gasteiger partial charge in [-0.3, -0.25) is 0 Å². The van der Waals surface area contributed by atoms with Gasteiger partial charge in [0.1, 0.15) is 6.10 Å². The van der Waals surface area contributed by atoms with Crippen molar-refractivity contribution < 1.29 is 19.4 Å². The third kappa shape index (κ3) is 4.58. The van der Waals surface area contributed by atoms with Crippen LogP contribution in [0.1, 0.15) is 41.6 Å². The van der Waals surface area contributed by atoms with Gasteiger partial charge < -0.3 is 9.84 Å². The Hall–Kier alpha value is -2.36. The summed E-state index contributed by atoms with van der Waals surface area (Å²) in [6, 6.07) is 6.70. The summed E-state index contributed by atoms with van der Waals surface area (Å²) in [7, 11) is 0. The van der Waals surface area contributed by atoms with Gasteiger partial charge in [0.15, 0.2) is 0 Å². The summed E-state index contributed by atoms with van der Waals surface area (Å²) in [6.45, 7) is 3.80. The number of rotatable bonds is 5. The Bertz CT molecular complexity index is 563. The van der Waals surface area contributed by atoms with Crippen molar-refractivity contribution in [2.45, 2.75) is 31.8 Å². The lowest BCUT2D eigenvalue weighted by atomic mass is 9.87. The zero-order valence-electron chi connectivity index (χ0n) is 12.4. The smallest absolute Gasteiger partial charge is 0.338 e. The van der Waals surface area contributed by atoms with E-state index in [1.807, 2.05) is 6.08 Å². The normalized spacial score (nSPS) is 21.5. The third-order valence-corrected chi connectivity index (χ3v) is 3.89. The van der Waals surface area contributed by atoms with E-state index in [1.165, 1.54) is 6.08 Å². The lowest BCUT2D eigenvalue weighted by Crippen LogP contribution is -2.23. The molecular weight excluding hydrogens is 280 g/mol. The monoisotopic (exact) mass is 300 g/mol. The van der Waals surface area contributed by atoms with Crippen molar-refractivity contribution in [3.8, 4) is 0 Å². The average molecular weight is 300 g/mol. The summed E-state index contributed by atoms with van der Waals surface area (Å²) in [5.74, 6) is -0.787. The van der Waals surface area contributed by atoms with Crippen LogP contribution in [0, 0.1) is 5.92 Å². The number of esters is 1. The molecule has 0 amide bonds. The van der Waals surface area contributed by atoms with Crippen LogP contribution in [0.15, 0.2) is 43.0 Å². The molecule has 0 heterocycles. The summed E-state index contributed by atoms with van der Waals surface area (Å²) in [6.07, 6.45) is 8.28. The van der Waals surface area contributed by atoms with Crippen LogP contribution < -0.4 is 0 Å². The first-order valence-electron chi connectivity index (χ1n) is 7.43. The van der Waals surface area contributed by atoms with Gasteiger partial charge in [0.05, 0.1) is 5.56 Å². The first-order valence-corrected chi connectivity index (χ1v) is 7.43. The minimum atomic E-state index is -1.00. The topological polar surface area (TPSA) is 63.6 Å². The maximum Gasteiger partial charge on any atom is 0.338 e. The van der Waals surface area contributed by atoms with E-state index in [0.29, 0.717) is 11.5 Å². The molecule has 0 atom stereocenters. The van der Waals surface area contributed by atoms with E-state index in [9.17, 15) is 9.59 Å². The number of hydrogen-bond acceptors (Lipinski definition) is 3. The zero-order valence-corrected chi connectivity index (χ0v) is 12.4. The van der Waals surface area contributed by atoms with Gasteiger partial charge >= 0.3 is 11.9 Å². The summed E-state index contributed by atoms with van der Waals surface area (Å²) >= 11 is 0. The van der Waals surface area contributed by atoms with Gasteiger partial charge in [-0.25, -0.2) is 9.59 Å². The quantitative estimate of drug-likeness (QED) is 0.512. The lowest BCUT2D eigenvalue weighted by Gasteiger charge is -2.26. The van der Waals surface area contributed by atoms with Crippen LogP contribution in [0.4, 0.5) is 0 Å². The maximum absolute atomic E-state index is 12.1. The van der Waals surface area contributed by atoms with Crippen molar-refractivity contribution in [3.63, 3.8) is 0 Å². The summed E-state index contributed by atoms with van der Waals surface area (Å²) in [4.78, 5) is 22.5. The highest BCUT2D eigenvalue weighted by Crippen LogP contribution is 2.27. The molecule has 1 aromatic carbocycles. The minimum Gasteiger partial charge on any atom is -0.478 e. The second-order valence-corrected chi connectivity index (χ2v) is 5.47. The number of carbonyl (C=O) groups excluding carboxylic acids is 1. The molecule has 1 fully saturated rings. The zero-order chi connectivity index (χ0) is 15.9. The molecule has 0 saturated heterocycles. The van der Waals surface area contributed by atoms with Crippen molar-refractivity contribution in [2.24, 2.45) is 5.92 Å². The maximum atomic E-state index is 12.1. The fourth-order valence-electron chi connectivity index (χ4n) is 2.56. The lowest BCUT2D eigenvalue weighted by molar-refractivity contribution is -0.131. The Balaban J connectivity index is 1.90.